The average Bonchev–Trinajstić information content (AvgIpc) is 2.23. The van der Waals surface area contributed by atoms with Crippen LogP contribution < -0.4 is 8.37 Å². The number of aldehydes is 1. The normalized spacial score (nSPS) is 12.8. The second kappa shape index (κ2) is 5.52. The van der Waals surface area contributed by atoms with Crippen LogP contribution in [0, 0.1) is 0 Å². The van der Waals surface area contributed by atoms with Gasteiger partial charge in [-0.05, 0) is 12.1 Å². The smallest absolute Gasteiger partial charge is 0.382 e. The van der Waals surface area contributed by atoms with Crippen LogP contribution in [0.4, 0.5) is 13.2 Å². The van der Waals surface area contributed by atoms with Crippen molar-refractivity contribution in [3.63, 3.8) is 0 Å². The van der Waals surface area contributed by atoms with Gasteiger partial charge < -0.3 is 8.37 Å². The molecule has 118 valence electrons. The van der Waals surface area contributed by atoms with E-state index in [4.69, 9.17) is 0 Å². The number of rotatable bonds is 5. The van der Waals surface area contributed by atoms with Crippen molar-refractivity contribution in [1.29, 1.82) is 0 Å². The molecule has 0 unspecified atom stereocenters. The predicted octanol–water partition coefficient (Wildman–Crippen LogP) is 1.07. The summed E-state index contributed by atoms with van der Waals surface area (Å²) in [6.45, 7) is 0. The first-order valence-electron chi connectivity index (χ1n) is 4.84. The first kappa shape index (κ1) is 17.2. The number of hydrogen-bond donors (Lipinski definition) is 0. The molecule has 12 heteroatoms. The second-order valence-corrected chi connectivity index (χ2v) is 6.74. The Morgan fingerprint density at radius 2 is 1.48 bits per heavy atom. The SMILES string of the molecule is CS(=O)(=O)Oc1cc(C=O)cc(OS(=O)(=O)C(F)(F)F)c1. The zero-order valence-electron chi connectivity index (χ0n) is 10.1. The minimum Gasteiger partial charge on any atom is -0.382 e. The molecule has 0 aliphatic rings. The van der Waals surface area contributed by atoms with Crippen molar-refractivity contribution in [1.82, 2.24) is 0 Å². The molecule has 1 aromatic carbocycles. The molecule has 0 heterocycles. The molecule has 0 atom stereocenters. The molecule has 0 radical (unpaired) electrons. The van der Waals surface area contributed by atoms with Crippen molar-refractivity contribution in [3.05, 3.63) is 23.8 Å². The Hall–Kier alpha value is -1.82. The molecule has 0 amide bonds. The van der Waals surface area contributed by atoms with Gasteiger partial charge in [-0.3, -0.25) is 4.79 Å². The average molecular weight is 348 g/mol. The van der Waals surface area contributed by atoms with Crippen LogP contribution in [0.2, 0.25) is 0 Å². The molecule has 0 N–H and O–H groups in total. The zero-order valence-corrected chi connectivity index (χ0v) is 11.8. The van der Waals surface area contributed by atoms with Gasteiger partial charge in [0.1, 0.15) is 17.8 Å². The lowest BCUT2D eigenvalue weighted by molar-refractivity contribution is -0.0500. The van der Waals surface area contributed by atoms with Crippen molar-refractivity contribution >= 4 is 26.5 Å². The molecule has 0 saturated heterocycles. The van der Waals surface area contributed by atoms with E-state index < -0.39 is 37.2 Å². The van der Waals surface area contributed by atoms with E-state index in [9.17, 15) is 34.8 Å². The topological polar surface area (TPSA) is 104 Å². The van der Waals surface area contributed by atoms with Gasteiger partial charge in [-0.2, -0.15) is 30.0 Å². The Bertz CT molecular complexity index is 750. The quantitative estimate of drug-likeness (QED) is 0.445. The number of halogens is 3. The molecule has 0 spiro atoms. The highest BCUT2D eigenvalue weighted by Crippen LogP contribution is 2.30. The molecule has 0 aliphatic carbocycles. The van der Waals surface area contributed by atoms with Crippen LogP contribution in [0.5, 0.6) is 11.5 Å². The van der Waals surface area contributed by atoms with Crippen LogP contribution in [0.1, 0.15) is 10.4 Å². The fourth-order valence-corrected chi connectivity index (χ4v) is 2.00. The molecular weight excluding hydrogens is 341 g/mol. The van der Waals surface area contributed by atoms with Gasteiger partial charge in [-0.25, -0.2) is 0 Å². The molecule has 1 aromatic rings. The molecule has 0 fully saturated rings. The summed E-state index contributed by atoms with van der Waals surface area (Å²) in [5.41, 5.74) is -6.02. The minimum absolute atomic E-state index is 0.141. The number of carbonyl (C=O) groups excluding carboxylic acids is 1. The lowest BCUT2D eigenvalue weighted by atomic mass is 10.2. The zero-order chi connectivity index (χ0) is 16.5. The van der Waals surface area contributed by atoms with Crippen LogP contribution in [-0.4, -0.2) is 34.9 Å². The van der Waals surface area contributed by atoms with Crippen LogP contribution in [0.25, 0.3) is 0 Å². The Morgan fingerprint density at radius 1 is 1.00 bits per heavy atom. The van der Waals surface area contributed by atoms with Gasteiger partial charge in [0.15, 0.2) is 0 Å². The van der Waals surface area contributed by atoms with Gasteiger partial charge in [0, 0.05) is 11.6 Å². The lowest BCUT2D eigenvalue weighted by Crippen LogP contribution is -2.28. The third-order valence-electron chi connectivity index (χ3n) is 1.78. The van der Waals surface area contributed by atoms with E-state index in [1.54, 1.807) is 0 Å². The van der Waals surface area contributed by atoms with Crippen molar-refractivity contribution in [2.45, 2.75) is 5.51 Å². The van der Waals surface area contributed by atoms with Crippen LogP contribution in [0.3, 0.4) is 0 Å². The summed E-state index contributed by atoms with van der Waals surface area (Å²) in [6.07, 6.45) is 0.787. The van der Waals surface area contributed by atoms with E-state index in [-0.39, 0.29) is 11.8 Å². The van der Waals surface area contributed by atoms with Gasteiger partial charge in [0.25, 0.3) is 0 Å². The largest absolute Gasteiger partial charge is 0.534 e. The summed E-state index contributed by atoms with van der Waals surface area (Å²) in [6, 6.07) is 2.13. The number of hydrogen-bond acceptors (Lipinski definition) is 7. The van der Waals surface area contributed by atoms with Crippen molar-refractivity contribution in [3.8, 4) is 11.5 Å². The minimum atomic E-state index is -5.96. The van der Waals surface area contributed by atoms with Crippen molar-refractivity contribution in [2.75, 3.05) is 6.26 Å². The van der Waals surface area contributed by atoms with E-state index >= 15 is 0 Å². The molecule has 7 nitrogen and oxygen atoms in total. The maximum absolute atomic E-state index is 12.2. The summed E-state index contributed by atoms with van der Waals surface area (Å²) in [4.78, 5) is 10.6. The molecule has 0 bridgehead atoms. The van der Waals surface area contributed by atoms with E-state index in [0.717, 1.165) is 6.07 Å². The van der Waals surface area contributed by atoms with E-state index in [0.29, 0.717) is 18.4 Å². The molecule has 0 aromatic heterocycles. The lowest BCUT2D eigenvalue weighted by Gasteiger charge is -2.11. The van der Waals surface area contributed by atoms with Gasteiger partial charge in [0.2, 0.25) is 0 Å². The van der Waals surface area contributed by atoms with Crippen LogP contribution in [-0.2, 0) is 20.2 Å². The number of carbonyl (C=O) groups is 1. The molecular formula is C9H7F3O7S2. The molecule has 21 heavy (non-hydrogen) atoms. The molecule has 0 saturated carbocycles. The standard InChI is InChI=1S/C9H7F3O7S2/c1-20(14,15)18-7-2-6(5-13)3-8(4-7)19-21(16,17)9(10,11)12/h2-5H,1H3. The van der Waals surface area contributed by atoms with Crippen LogP contribution in [0.15, 0.2) is 18.2 Å². The highest BCUT2D eigenvalue weighted by atomic mass is 32.2. The first-order chi connectivity index (χ1) is 9.34. The Morgan fingerprint density at radius 3 is 1.86 bits per heavy atom. The predicted molar refractivity (Wildman–Crippen MR) is 62.9 cm³/mol. The van der Waals surface area contributed by atoms with Crippen LogP contribution >= 0.6 is 0 Å². The summed E-state index contributed by atoms with van der Waals surface area (Å²) in [5, 5.41) is 0. The highest BCUT2D eigenvalue weighted by Gasteiger charge is 2.48. The Labute approximate surface area is 117 Å². The van der Waals surface area contributed by atoms with E-state index in [1.807, 2.05) is 0 Å². The number of benzene rings is 1. The van der Waals surface area contributed by atoms with Gasteiger partial charge in [0.05, 0.1) is 6.26 Å². The highest BCUT2D eigenvalue weighted by molar-refractivity contribution is 7.88. The Kier molecular flexibility index (Phi) is 4.53. The third-order valence-corrected chi connectivity index (χ3v) is 3.25. The number of alkyl halides is 3. The summed E-state index contributed by atoms with van der Waals surface area (Å²) in [7, 11) is -9.99. The van der Waals surface area contributed by atoms with Gasteiger partial charge in [-0.15, -0.1) is 0 Å². The Balaban J connectivity index is 3.26. The van der Waals surface area contributed by atoms with Gasteiger partial charge >= 0.3 is 25.7 Å². The summed E-state index contributed by atoms with van der Waals surface area (Å²) < 4.78 is 88.1. The molecule has 0 aliphatic heterocycles. The first-order valence-corrected chi connectivity index (χ1v) is 8.07. The summed E-state index contributed by atoms with van der Waals surface area (Å²) >= 11 is 0. The van der Waals surface area contributed by atoms with E-state index in [2.05, 4.69) is 8.37 Å². The maximum Gasteiger partial charge on any atom is 0.534 e. The van der Waals surface area contributed by atoms with Gasteiger partial charge in [-0.1, -0.05) is 0 Å². The third kappa shape index (κ3) is 4.90. The monoisotopic (exact) mass is 348 g/mol. The maximum atomic E-state index is 12.2. The fraction of sp³-hybridized carbons (Fsp3) is 0.222. The second-order valence-electron chi connectivity index (χ2n) is 3.63. The fourth-order valence-electron chi connectivity index (χ4n) is 1.11. The summed E-state index contributed by atoms with van der Waals surface area (Å²) in [5.74, 6) is -1.50. The van der Waals surface area contributed by atoms with E-state index in [1.165, 1.54) is 0 Å². The van der Waals surface area contributed by atoms with Crippen molar-refractivity contribution in [2.24, 2.45) is 0 Å². The van der Waals surface area contributed by atoms with Crippen molar-refractivity contribution < 1.29 is 43.2 Å². The molecule has 1 rings (SSSR count).